The predicted octanol–water partition coefficient (Wildman–Crippen LogP) is 1.60. The third-order valence-corrected chi connectivity index (χ3v) is 3.57. The molecular formula is C13H22N4O. The number of anilines is 2. The zero-order valence-corrected chi connectivity index (χ0v) is 11.6. The van der Waals surface area contributed by atoms with Crippen LogP contribution in [0, 0.1) is 0 Å². The molecule has 1 aromatic rings. The van der Waals surface area contributed by atoms with Crippen LogP contribution in [0.5, 0.6) is 0 Å². The first-order valence-electron chi connectivity index (χ1n) is 6.39. The van der Waals surface area contributed by atoms with Crippen LogP contribution >= 0.6 is 0 Å². The first kappa shape index (κ1) is 13.1. The third kappa shape index (κ3) is 2.56. The SMILES string of the molecule is CNc1cc(N(C)C(C)(C)CO)nc(C2CC2)n1. The molecule has 0 aliphatic heterocycles. The number of aromatic nitrogens is 2. The van der Waals surface area contributed by atoms with Gasteiger partial charge in [0.1, 0.15) is 17.5 Å². The molecule has 1 aliphatic carbocycles. The quantitative estimate of drug-likeness (QED) is 0.831. The standard InChI is InChI=1S/C13H22N4O/c1-13(2,8-18)17(4)11-7-10(14-3)15-12(16-11)9-5-6-9/h7,9,18H,5-6,8H2,1-4H3,(H,14,15,16). The van der Waals surface area contributed by atoms with Gasteiger partial charge in [-0.15, -0.1) is 0 Å². The van der Waals surface area contributed by atoms with Crippen molar-refractivity contribution in [2.24, 2.45) is 0 Å². The summed E-state index contributed by atoms with van der Waals surface area (Å²) in [6.45, 7) is 4.07. The van der Waals surface area contributed by atoms with E-state index in [9.17, 15) is 5.11 Å². The maximum Gasteiger partial charge on any atom is 0.136 e. The number of hydrogen-bond donors (Lipinski definition) is 2. The molecule has 1 fully saturated rings. The summed E-state index contributed by atoms with van der Waals surface area (Å²) in [5.41, 5.74) is -0.333. The maximum atomic E-state index is 9.44. The van der Waals surface area contributed by atoms with Crippen LogP contribution in [-0.4, -0.2) is 41.3 Å². The Morgan fingerprint density at radius 1 is 1.44 bits per heavy atom. The predicted molar refractivity (Wildman–Crippen MR) is 73.1 cm³/mol. The van der Waals surface area contributed by atoms with Crippen molar-refractivity contribution in [3.63, 3.8) is 0 Å². The van der Waals surface area contributed by atoms with Gasteiger partial charge in [-0.3, -0.25) is 0 Å². The highest BCUT2D eigenvalue weighted by atomic mass is 16.3. The van der Waals surface area contributed by atoms with Gasteiger partial charge in [0.05, 0.1) is 12.1 Å². The highest BCUT2D eigenvalue weighted by molar-refractivity contribution is 5.50. The minimum absolute atomic E-state index is 0.0845. The van der Waals surface area contributed by atoms with Crippen LogP contribution < -0.4 is 10.2 Å². The maximum absolute atomic E-state index is 9.44. The second kappa shape index (κ2) is 4.72. The molecule has 2 rings (SSSR count). The Morgan fingerprint density at radius 2 is 2.11 bits per heavy atom. The van der Waals surface area contributed by atoms with E-state index in [4.69, 9.17) is 0 Å². The Morgan fingerprint density at radius 3 is 2.61 bits per heavy atom. The van der Waals surface area contributed by atoms with E-state index < -0.39 is 0 Å². The van der Waals surface area contributed by atoms with Crippen LogP contribution in [0.25, 0.3) is 0 Å². The fourth-order valence-electron chi connectivity index (χ4n) is 1.69. The van der Waals surface area contributed by atoms with Crippen LogP contribution in [0.4, 0.5) is 11.6 Å². The molecule has 18 heavy (non-hydrogen) atoms. The van der Waals surface area contributed by atoms with Crippen molar-refractivity contribution in [1.82, 2.24) is 9.97 Å². The van der Waals surface area contributed by atoms with Crippen LogP contribution in [0.1, 0.15) is 38.4 Å². The molecule has 1 aromatic heterocycles. The van der Waals surface area contributed by atoms with Gasteiger partial charge in [0, 0.05) is 26.1 Å². The van der Waals surface area contributed by atoms with Crippen molar-refractivity contribution in [3.8, 4) is 0 Å². The van der Waals surface area contributed by atoms with Gasteiger partial charge in [-0.25, -0.2) is 9.97 Å². The second-order valence-electron chi connectivity index (χ2n) is 5.52. The molecule has 5 heteroatoms. The van der Waals surface area contributed by atoms with E-state index in [0.717, 1.165) is 17.5 Å². The molecule has 0 bridgehead atoms. The highest BCUT2D eigenvalue weighted by Crippen LogP contribution is 2.39. The van der Waals surface area contributed by atoms with Crippen molar-refractivity contribution in [2.45, 2.75) is 38.1 Å². The average Bonchev–Trinajstić information content (AvgIpc) is 3.21. The minimum atomic E-state index is -0.333. The van der Waals surface area contributed by atoms with E-state index in [0.29, 0.717) is 5.92 Å². The Labute approximate surface area is 108 Å². The van der Waals surface area contributed by atoms with Gasteiger partial charge in [0.2, 0.25) is 0 Å². The third-order valence-electron chi connectivity index (χ3n) is 3.57. The van der Waals surface area contributed by atoms with Gasteiger partial charge < -0.3 is 15.3 Å². The lowest BCUT2D eigenvalue weighted by atomic mass is 10.1. The fourth-order valence-corrected chi connectivity index (χ4v) is 1.69. The summed E-state index contributed by atoms with van der Waals surface area (Å²) in [6, 6.07) is 1.92. The molecule has 2 N–H and O–H groups in total. The highest BCUT2D eigenvalue weighted by Gasteiger charge is 2.29. The van der Waals surface area contributed by atoms with E-state index in [-0.39, 0.29) is 12.1 Å². The molecule has 1 saturated carbocycles. The number of likely N-dealkylation sites (N-methyl/N-ethyl adjacent to an activating group) is 1. The summed E-state index contributed by atoms with van der Waals surface area (Å²) in [4.78, 5) is 11.1. The second-order valence-corrected chi connectivity index (χ2v) is 5.52. The Kier molecular flexibility index (Phi) is 3.43. The van der Waals surface area contributed by atoms with Gasteiger partial charge in [-0.1, -0.05) is 0 Å². The fraction of sp³-hybridized carbons (Fsp3) is 0.692. The van der Waals surface area contributed by atoms with Crippen molar-refractivity contribution in [3.05, 3.63) is 11.9 Å². The van der Waals surface area contributed by atoms with E-state index in [1.807, 2.05) is 38.9 Å². The first-order valence-corrected chi connectivity index (χ1v) is 6.39. The molecule has 5 nitrogen and oxygen atoms in total. The smallest absolute Gasteiger partial charge is 0.136 e. The average molecular weight is 250 g/mol. The Bertz CT molecular complexity index is 429. The lowest BCUT2D eigenvalue weighted by Crippen LogP contribution is -2.45. The largest absolute Gasteiger partial charge is 0.394 e. The van der Waals surface area contributed by atoms with Crippen LogP contribution in [0.15, 0.2) is 6.07 Å². The lowest BCUT2D eigenvalue weighted by Gasteiger charge is -2.35. The molecule has 0 amide bonds. The van der Waals surface area contributed by atoms with E-state index in [1.165, 1.54) is 12.8 Å². The van der Waals surface area contributed by atoms with Gasteiger partial charge >= 0.3 is 0 Å². The van der Waals surface area contributed by atoms with Gasteiger partial charge in [0.25, 0.3) is 0 Å². The monoisotopic (exact) mass is 250 g/mol. The Hall–Kier alpha value is -1.36. The topological polar surface area (TPSA) is 61.3 Å². The van der Waals surface area contributed by atoms with Gasteiger partial charge in [-0.2, -0.15) is 0 Å². The van der Waals surface area contributed by atoms with Crippen molar-refractivity contribution in [1.29, 1.82) is 0 Å². The summed E-state index contributed by atoms with van der Waals surface area (Å²) in [5.74, 6) is 3.12. The molecule has 0 saturated heterocycles. The lowest BCUT2D eigenvalue weighted by molar-refractivity contribution is 0.215. The summed E-state index contributed by atoms with van der Waals surface area (Å²) < 4.78 is 0. The van der Waals surface area contributed by atoms with Gasteiger partial charge in [0.15, 0.2) is 0 Å². The number of nitrogens with one attached hydrogen (secondary N) is 1. The Balaban J connectivity index is 2.34. The van der Waals surface area contributed by atoms with Crippen molar-refractivity contribution in [2.75, 3.05) is 30.9 Å². The van der Waals surface area contributed by atoms with Crippen LogP contribution in [-0.2, 0) is 0 Å². The van der Waals surface area contributed by atoms with Crippen molar-refractivity contribution >= 4 is 11.6 Å². The summed E-state index contributed by atoms with van der Waals surface area (Å²) in [5, 5.41) is 12.5. The van der Waals surface area contributed by atoms with Crippen LogP contribution in [0.2, 0.25) is 0 Å². The zero-order chi connectivity index (χ0) is 13.3. The first-order chi connectivity index (χ1) is 8.47. The van der Waals surface area contributed by atoms with E-state index in [1.54, 1.807) is 0 Å². The molecule has 0 aromatic carbocycles. The molecule has 0 radical (unpaired) electrons. The number of rotatable bonds is 5. The van der Waals surface area contributed by atoms with E-state index in [2.05, 4.69) is 15.3 Å². The molecule has 1 aliphatic rings. The normalized spacial score (nSPS) is 15.6. The molecule has 0 spiro atoms. The molecular weight excluding hydrogens is 228 g/mol. The number of hydrogen-bond acceptors (Lipinski definition) is 5. The van der Waals surface area contributed by atoms with Gasteiger partial charge in [-0.05, 0) is 26.7 Å². The van der Waals surface area contributed by atoms with Crippen molar-refractivity contribution < 1.29 is 5.11 Å². The summed E-state index contributed by atoms with van der Waals surface area (Å²) in [7, 11) is 3.81. The number of aliphatic hydroxyl groups excluding tert-OH is 1. The molecule has 100 valence electrons. The summed E-state index contributed by atoms with van der Waals surface area (Å²) in [6.07, 6.45) is 2.36. The molecule has 1 heterocycles. The van der Waals surface area contributed by atoms with E-state index >= 15 is 0 Å². The molecule has 0 atom stereocenters. The minimum Gasteiger partial charge on any atom is -0.394 e. The number of nitrogens with zero attached hydrogens (tertiary/aromatic N) is 3. The number of aliphatic hydroxyl groups is 1. The van der Waals surface area contributed by atoms with Crippen LogP contribution in [0.3, 0.4) is 0 Å². The molecule has 0 unspecified atom stereocenters. The zero-order valence-electron chi connectivity index (χ0n) is 11.6. The summed E-state index contributed by atoms with van der Waals surface area (Å²) >= 11 is 0.